The Morgan fingerprint density at radius 1 is 0.387 bits per heavy atom. The van der Waals surface area contributed by atoms with Crippen LogP contribution >= 0.6 is 0 Å². The van der Waals surface area contributed by atoms with Crippen LogP contribution in [0.25, 0.3) is 117 Å². The highest BCUT2D eigenvalue weighted by Gasteiger charge is 2.22. The molecule has 0 aliphatic heterocycles. The minimum Gasteiger partial charge on any atom is -0.456 e. The fourth-order valence-corrected chi connectivity index (χ4v) is 8.88. The zero-order chi connectivity index (χ0) is 41.0. The van der Waals surface area contributed by atoms with Crippen LogP contribution in [0.2, 0.25) is 0 Å². The number of fused-ring (bicyclic) bond motifs is 6. The van der Waals surface area contributed by atoms with Crippen LogP contribution in [0.15, 0.2) is 223 Å². The standard InChI is InChI=1S/C57H36N4O/c1-4-15-38(16-5-1)48-36-49(39-29-27-37(28-30-39)45-24-14-26-52-54(45)47-23-12-13-25-51(47)62-52)59-57(58-48)43-33-31-40(32-34-43)50-35-44-21-10-11-22-46(44)56-53(41-17-6-2-7-18-41)55(60-61(50)56)42-19-8-3-9-20-42/h1-36H. The van der Waals surface area contributed by atoms with Crippen molar-refractivity contribution >= 4 is 38.2 Å². The van der Waals surface area contributed by atoms with Crippen molar-refractivity contribution in [2.45, 2.75) is 0 Å². The molecule has 62 heavy (non-hydrogen) atoms. The van der Waals surface area contributed by atoms with Crippen molar-refractivity contribution in [3.63, 3.8) is 0 Å². The lowest BCUT2D eigenvalue weighted by atomic mass is 9.97. The molecule has 4 aromatic heterocycles. The maximum Gasteiger partial charge on any atom is 0.160 e. The first-order valence-corrected chi connectivity index (χ1v) is 20.9. The lowest BCUT2D eigenvalue weighted by Gasteiger charge is -2.12. The molecule has 0 saturated heterocycles. The summed E-state index contributed by atoms with van der Waals surface area (Å²) in [7, 11) is 0. The van der Waals surface area contributed by atoms with Crippen LogP contribution in [-0.4, -0.2) is 19.6 Å². The van der Waals surface area contributed by atoms with Crippen LogP contribution in [0.3, 0.4) is 0 Å². The van der Waals surface area contributed by atoms with Gasteiger partial charge in [-0.1, -0.05) is 194 Å². The van der Waals surface area contributed by atoms with Gasteiger partial charge in [0.25, 0.3) is 0 Å². The zero-order valence-electron chi connectivity index (χ0n) is 33.5. The second-order valence-electron chi connectivity index (χ2n) is 15.6. The van der Waals surface area contributed by atoms with Crippen molar-refractivity contribution in [2.24, 2.45) is 0 Å². The minimum absolute atomic E-state index is 0.659. The summed E-state index contributed by atoms with van der Waals surface area (Å²) in [5, 5.41) is 9.94. The van der Waals surface area contributed by atoms with E-state index in [0.717, 1.165) is 111 Å². The summed E-state index contributed by atoms with van der Waals surface area (Å²) in [4.78, 5) is 10.4. The topological polar surface area (TPSA) is 56.2 Å². The van der Waals surface area contributed by atoms with E-state index >= 15 is 0 Å². The highest BCUT2D eigenvalue weighted by atomic mass is 16.3. The van der Waals surface area contributed by atoms with Gasteiger partial charge in [0.1, 0.15) is 16.9 Å². The predicted molar refractivity (Wildman–Crippen MR) is 254 cm³/mol. The molecule has 0 radical (unpaired) electrons. The number of pyridine rings is 1. The first-order chi connectivity index (χ1) is 30.7. The fourth-order valence-electron chi connectivity index (χ4n) is 8.88. The number of hydrogen-bond donors (Lipinski definition) is 0. The van der Waals surface area contributed by atoms with Crippen LogP contribution < -0.4 is 0 Å². The van der Waals surface area contributed by atoms with Crippen LogP contribution in [0.5, 0.6) is 0 Å². The Hall–Kier alpha value is -8.41. The van der Waals surface area contributed by atoms with Crippen LogP contribution in [0, 0.1) is 0 Å². The third-order valence-electron chi connectivity index (χ3n) is 11.9. The lowest BCUT2D eigenvalue weighted by Crippen LogP contribution is -1.97. The molecule has 12 rings (SSSR count). The Labute approximate surface area is 357 Å². The van der Waals surface area contributed by atoms with E-state index in [1.165, 1.54) is 0 Å². The number of rotatable bonds is 7. The Morgan fingerprint density at radius 2 is 0.935 bits per heavy atom. The molecule has 0 unspecified atom stereocenters. The average Bonchev–Trinajstić information content (AvgIpc) is 3.95. The van der Waals surface area contributed by atoms with Gasteiger partial charge in [0.15, 0.2) is 5.82 Å². The molecular formula is C57H36N4O. The van der Waals surface area contributed by atoms with Gasteiger partial charge < -0.3 is 4.42 Å². The Balaban J connectivity index is 0.971. The summed E-state index contributed by atoms with van der Waals surface area (Å²) in [6.45, 7) is 0. The van der Waals surface area contributed by atoms with Gasteiger partial charge in [0.2, 0.25) is 0 Å². The van der Waals surface area contributed by atoms with Crippen molar-refractivity contribution in [2.75, 3.05) is 0 Å². The maximum absolute atomic E-state index is 6.20. The third-order valence-corrected chi connectivity index (χ3v) is 11.9. The highest BCUT2D eigenvalue weighted by molar-refractivity contribution is 6.12. The molecule has 0 spiro atoms. The van der Waals surface area contributed by atoms with Gasteiger partial charge in [-0.05, 0) is 46.3 Å². The molecule has 0 atom stereocenters. The minimum atomic E-state index is 0.659. The first kappa shape index (κ1) is 35.5. The molecule has 5 heteroatoms. The van der Waals surface area contributed by atoms with Gasteiger partial charge >= 0.3 is 0 Å². The second kappa shape index (κ2) is 14.7. The van der Waals surface area contributed by atoms with Gasteiger partial charge in [0.05, 0.1) is 22.6 Å². The molecule has 0 aliphatic carbocycles. The van der Waals surface area contributed by atoms with E-state index < -0.39 is 0 Å². The summed E-state index contributed by atoms with van der Waals surface area (Å²) in [5.41, 5.74) is 16.1. The Bertz CT molecular complexity index is 3590. The second-order valence-corrected chi connectivity index (χ2v) is 15.6. The van der Waals surface area contributed by atoms with E-state index in [4.69, 9.17) is 19.5 Å². The SMILES string of the molecule is c1ccc(-c2cc(-c3ccc(-c4cccc5oc6ccccc6c45)cc3)nc(-c3ccc(-c4cc5ccccc5c5c(-c6ccccc6)c(-c6ccccc6)nn45)cc3)n2)cc1. The van der Waals surface area contributed by atoms with Gasteiger partial charge in [-0.3, -0.25) is 0 Å². The summed E-state index contributed by atoms with van der Waals surface area (Å²) in [6.07, 6.45) is 0. The summed E-state index contributed by atoms with van der Waals surface area (Å²) in [5.74, 6) is 0.659. The zero-order valence-corrected chi connectivity index (χ0v) is 33.5. The van der Waals surface area contributed by atoms with Crippen molar-refractivity contribution < 1.29 is 4.42 Å². The summed E-state index contributed by atoms with van der Waals surface area (Å²) < 4.78 is 8.33. The quantitative estimate of drug-likeness (QED) is 0.161. The number of aromatic nitrogens is 4. The van der Waals surface area contributed by atoms with Crippen LogP contribution in [0.1, 0.15) is 0 Å². The molecule has 12 aromatic rings. The van der Waals surface area contributed by atoms with E-state index in [1.807, 2.05) is 42.5 Å². The van der Waals surface area contributed by atoms with Crippen molar-refractivity contribution in [1.29, 1.82) is 0 Å². The number of benzene rings is 8. The van der Waals surface area contributed by atoms with Crippen molar-refractivity contribution in [3.05, 3.63) is 218 Å². The Morgan fingerprint density at radius 3 is 1.66 bits per heavy atom. The fraction of sp³-hybridized carbons (Fsp3) is 0. The molecule has 0 fully saturated rings. The summed E-state index contributed by atoms with van der Waals surface area (Å²) >= 11 is 0. The molecule has 8 aromatic carbocycles. The van der Waals surface area contributed by atoms with Crippen LogP contribution in [-0.2, 0) is 0 Å². The highest BCUT2D eigenvalue weighted by Crippen LogP contribution is 2.42. The van der Waals surface area contributed by atoms with E-state index in [9.17, 15) is 0 Å². The lowest BCUT2D eigenvalue weighted by molar-refractivity contribution is 0.669. The third kappa shape index (κ3) is 6.06. The molecule has 5 nitrogen and oxygen atoms in total. The van der Waals surface area contributed by atoms with Crippen LogP contribution in [0.4, 0.5) is 0 Å². The smallest absolute Gasteiger partial charge is 0.160 e. The summed E-state index contributed by atoms with van der Waals surface area (Å²) in [6, 6.07) is 76.1. The van der Waals surface area contributed by atoms with E-state index in [-0.39, 0.29) is 0 Å². The van der Waals surface area contributed by atoms with E-state index in [0.29, 0.717) is 5.82 Å². The number of nitrogens with zero attached hydrogens (tertiary/aromatic N) is 4. The first-order valence-electron chi connectivity index (χ1n) is 20.9. The van der Waals surface area contributed by atoms with E-state index in [1.54, 1.807) is 0 Å². The molecule has 0 bridgehead atoms. The Kier molecular flexibility index (Phi) is 8.42. The molecular weight excluding hydrogens is 757 g/mol. The molecule has 0 aliphatic rings. The molecule has 290 valence electrons. The van der Waals surface area contributed by atoms with Gasteiger partial charge in [0, 0.05) is 49.5 Å². The molecule has 4 heterocycles. The van der Waals surface area contributed by atoms with Crippen molar-refractivity contribution in [1.82, 2.24) is 19.6 Å². The molecule has 0 N–H and O–H groups in total. The predicted octanol–water partition coefficient (Wildman–Crippen LogP) is 14.8. The number of furan rings is 1. The molecule has 0 amide bonds. The average molecular weight is 793 g/mol. The van der Waals surface area contributed by atoms with E-state index in [2.05, 4.69) is 180 Å². The number of hydrogen-bond acceptors (Lipinski definition) is 4. The van der Waals surface area contributed by atoms with Gasteiger partial charge in [-0.2, -0.15) is 5.10 Å². The monoisotopic (exact) mass is 792 g/mol. The van der Waals surface area contributed by atoms with Gasteiger partial charge in [-0.15, -0.1) is 0 Å². The molecule has 0 saturated carbocycles. The van der Waals surface area contributed by atoms with Gasteiger partial charge in [-0.25, -0.2) is 14.5 Å². The van der Waals surface area contributed by atoms with Crippen molar-refractivity contribution in [3.8, 4) is 78.7 Å². The maximum atomic E-state index is 6.20. The number of para-hydroxylation sites is 1. The largest absolute Gasteiger partial charge is 0.456 e. The normalized spacial score (nSPS) is 11.5.